The van der Waals surface area contributed by atoms with Crippen LogP contribution in [0.15, 0.2) is 27.6 Å². The highest BCUT2D eigenvalue weighted by molar-refractivity contribution is 9.10. The van der Waals surface area contributed by atoms with Crippen LogP contribution in [0.3, 0.4) is 0 Å². The third-order valence-electron chi connectivity index (χ3n) is 2.67. The van der Waals surface area contributed by atoms with Crippen LogP contribution in [0.25, 0.3) is 0 Å². The number of benzene rings is 1. The van der Waals surface area contributed by atoms with Crippen LogP contribution >= 0.6 is 15.9 Å². The van der Waals surface area contributed by atoms with Gasteiger partial charge in [0.05, 0.1) is 4.90 Å². The minimum atomic E-state index is -3.63. The van der Waals surface area contributed by atoms with E-state index in [1.54, 1.807) is 0 Å². The summed E-state index contributed by atoms with van der Waals surface area (Å²) in [5.41, 5.74) is 0.160. The van der Waals surface area contributed by atoms with E-state index in [9.17, 15) is 18.0 Å². The van der Waals surface area contributed by atoms with Gasteiger partial charge in [0.15, 0.2) is 0 Å². The van der Waals surface area contributed by atoms with Gasteiger partial charge in [0.2, 0.25) is 10.0 Å². The molecule has 0 bridgehead atoms. The zero-order valence-electron chi connectivity index (χ0n) is 11.6. The smallest absolute Gasteiger partial charge is 0.325 e. The van der Waals surface area contributed by atoms with Crippen LogP contribution in [0.5, 0.6) is 0 Å². The van der Waals surface area contributed by atoms with Gasteiger partial charge >= 0.3 is 5.97 Å². The first-order chi connectivity index (χ1) is 9.57. The number of nitrogens with one attached hydrogen (secondary N) is 1. The minimum Gasteiger partial charge on any atom is -0.480 e. The average molecular weight is 379 g/mol. The standard InChI is InChI=1S/C12H15BrN2O5S/c1-7(12(17)18)14-11(16)8-4-5-10(9(13)6-8)21(19,20)15(2)3/h4-7H,1-3H3,(H,14,16)(H,17,18)/t7-/m1/s1. The van der Waals surface area contributed by atoms with E-state index in [0.29, 0.717) is 0 Å². The Morgan fingerprint density at radius 3 is 2.33 bits per heavy atom. The number of hydrogen-bond acceptors (Lipinski definition) is 4. The van der Waals surface area contributed by atoms with E-state index in [1.807, 2.05) is 0 Å². The second-order valence-electron chi connectivity index (χ2n) is 4.47. The lowest BCUT2D eigenvalue weighted by molar-refractivity contribution is -0.138. The molecule has 0 heterocycles. The lowest BCUT2D eigenvalue weighted by atomic mass is 10.2. The summed E-state index contributed by atoms with van der Waals surface area (Å²) in [4.78, 5) is 22.6. The van der Waals surface area contributed by atoms with Gasteiger partial charge < -0.3 is 10.4 Å². The number of carboxylic acids is 1. The molecule has 2 N–H and O–H groups in total. The fourth-order valence-electron chi connectivity index (χ4n) is 1.39. The molecule has 0 aliphatic rings. The largest absolute Gasteiger partial charge is 0.480 e. The van der Waals surface area contributed by atoms with Gasteiger partial charge in [-0.1, -0.05) is 0 Å². The minimum absolute atomic E-state index is 0.0235. The summed E-state index contributed by atoms with van der Waals surface area (Å²) in [5, 5.41) is 11.0. The summed E-state index contributed by atoms with van der Waals surface area (Å²) in [6, 6.07) is 2.91. The molecule has 1 atom stereocenters. The molecule has 0 fully saturated rings. The van der Waals surface area contributed by atoms with Gasteiger partial charge in [-0.15, -0.1) is 0 Å². The molecular formula is C12H15BrN2O5S. The topological polar surface area (TPSA) is 104 Å². The number of amides is 1. The van der Waals surface area contributed by atoms with Crippen LogP contribution in [0, 0.1) is 0 Å². The fourth-order valence-corrected chi connectivity index (χ4v) is 3.32. The summed E-state index contributed by atoms with van der Waals surface area (Å²) in [6.45, 7) is 1.33. The van der Waals surface area contributed by atoms with Crippen molar-refractivity contribution in [1.82, 2.24) is 9.62 Å². The van der Waals surface area contributed by atoms with E-state index < -0.39 is 27.9 Å². The molecule has 0 aliphatic carbocycles. The first-order valence-corrected chi connectivity index (χ1v) is 8.06. The summed E-state index contributed by atoms with van der Waals surface area (Å²) < 4.78 is 25.3. The van der Waals surface area contributed by atoms with Gasteiger partial charge in [0.25, 0.3) is 5.91 Å². The fraction of sp³-hybridized carbons (Fsp3) is 0.333. The van der Waals surface area contributed by atoms with Gasteiger partial charge in [-0.05, 0) is 41.1 Å². The van der Waals surface area contributed by atoms with Crippen molar-refractivity contribution in [2.45, 2.75) is 17.9 Å². The third kappa shape index (κ3) is 4.02. The number of halogens is 1. The van der Waals surface area contributed by atoms with Crippen molar-refractivity contribution in [2.24, 2.45) is 0 Å². The number of carbonyl (C=O) groups is 2. The first kappa shape index (κ1) is 17.6. The number of nitrogens with zero attached hydrogens (tertiary/aromatic N) is 1. The van der Waals surface area contributed by atoms with Crippen LogP contribution in [0.2, 0.25) is 0 Å². The Hall–Kier alpha value is -1.45. The van der Waals surface area contributed by atoms with Crippen LogP contribution in [0.1, 0.15) is 17.3 Å². The second kappa shape index (κ2) is 6.54. The average Bonchev–Trinajstić information content (AvgIpc) is 2.37. The molecule has 0 unspecified atom stereocenters. The molecule has 0 radical (unpaired) electrons. The van der Waals surface area contributed by atoms with E-state index in [0.717, 1.165) is 4.31 Å². The van der Waals surface area contributed by atoms with E-state index in [2.05, 4.69) is 21.2 Å². The summed E-state index contributed by atoms with van der Waals surface area (Å²) >= 11 is 3.11. The number of carbonyl (C=O) groups excluding carboxylic acids is 1. The predicted molar refractivity (Wildman–Crippen MR) is 79.6 cm³/mol. The molecule has 9 heteroatoms. The molecule has 0 saturated carbocycles. The normalized spacial score (nSPS) is 13.0. The van der Waals surface area contributed by atoms with E-state index in [1.165, 1.54) is 39.2 Å². The van der Waals surface area contributed by atoms with Crippen molar-refractivity contribution in [3.8, 4) is 0 Å². The van der Waals surface area contributed by atoms with Crippen molar-refractivity contribution < 1.29 is 23.1 Å². The highest BCUT2D eigenvalue weighted by Gasteiger charge is 2.22. The van der Waals surface area contributed by atoms with E-state index >= 15 is 0 Å². The van der Waals surface area contributed by atoms with Gasteiger partial charge in [0.1, 0.15) is 6.04 Å². The van der Waals surface area contributed by atoms with Crippen molar-refractivity contribution in [1.29, 1.82) is 0 Å². The second-order valence-corrected chi connectivity index (χ2v) is 7.44. The Labute approximate surface area is 131 Å². The van der Waals surface area contributed by atoms with Gasteiger partial charge in [-0.25, -0.2) is 12.7 Å². The summed E-state index contributed by atoms with van der Waals surface area (Å²) in [6.07, 6.45) is 0. The molecular weight excluding hydrogens is 364 g/mol. The molecule has 0 aromatic heterocycles. The zero-order chi connectivity index (χ0) is 16.4. The molecule has 0 aliphatic heterocycles. The number of rotatable bonds is 5. The number of carboxylic acid groups (broad SMARTS) is 1. The Balaban J connectivity index is 3.09. The van der Waals surface area contributed by atoms with Gasteiger partial charge in [-0.2, -0.15) is 0 Å². The molecule has 21 heavy (non-hydrogen) atoms. The molecule has 0 spiro atoms. The number of hydrogen-bond donors (Lipinski definition) is 2. The molecule has 116 valence electrons. The van der Waals surface area contributed by atoms with Crippen molar-refractivity contribution in [3.05, 3.63) is 28.2 Å². The molecule has 1 aromatic rings. The van der Waals surface area contributed by atoms with E-state index in [-0.39, 0.29) is 14.9 Å². The Morgan fingerprint density at radius 1 is 1.33 bits per heavy atom. The quantitative estimate of drug-likeness (QED) is 0.791. The van der Waals surface area contributed by atoms with Crippen molar-refractivity contribution in [2.75, 3.05) is 14.1 Å². The summed E-state index contributed by atoms with van der Waals surface area (Å²) in [7, 11) is -0.826. The molecule has 1 aromatic carbocycles. The van der Waals surface area contributed by atoms with E-state index in [4.69, 9.17) is 5.11 Å². The van der Waals surface area contributed by atoms with Gasteiger partial charge in [0, 0.05) is 24.1 Å². The van der Waals surface area contributed by atoms with Crippen LogP contribution in [-0.2, 0) is 14.8 Å². The lowest BCUT2D eigenvalue weighted by Crippen LogP contribution is -2.38. The Morgan fingerprint density at radius 2 is 1.90 bits per heavy atom. The SMILES string of the molecule is C[C@@H](NC(=O)c1ccc(S(=O)(=O)N(C)C)c(Br)c1)C(=O)O. The number of aliphatic carboxylic acids is 1. The van der Waals surface area contributed by atoms with Crippen molar-refractivity contribution in [3.63, 3.8) is 0 Å². The molecule has 7 nitrogen and oxygen atoms in total. The van der Waals surface area contributed by atoms with Crippen LogP contribution in [-0.4, -0.2) is 49.8 Å². The molecule has 1 rings (SSSR count). The number of sulfonamides is 1. The monoisotopic (exact) mass is 378 g/mol. The highest BCUT2D eigenvalue weighted by atomic mass is 79.9. The molecule has 1 amide bonds. The Kier molecular flexibility index (Phi) is 5.48. The van der Waals surface area contributed by atoms with Crippen LogP contribution < -0.4 is 5.32 Å². The zero-order valence-corrected chi connectivity index (χ0v) is 14.0. The predicted octanol–water partition coefficient (Wildman–Crippen LogP) is 0.902. The maximum atomic E-state index is 12.0. The highest BCUT2D eigenvalue weighted by Crippen LogP contribution is 2.25. The summed E-state index contributed by atoms with van der Waals surface area (Å²) in [5.74, 6) is -1.76. The maximum Gasteiger partial charge on any atom is 0.325 e. The Bertz CT molecular complexity index is 672. The van der Waals surface area contributed by atoms with Crippen LogP contribution in [0.4, 0.5) is 0 Å². The van der Waals surface area contributed by atoms with Crippen molar-refractivity contribution >= 4 is 37.8 Å². The third-order valence-corrected chi connectivity index (χ3v) is 5.46. The molecule has 0 saturated heterocycles. The van der Waals surface area contributed by atoms with Gasteiger partial charge in [-0.3, -0.25) is 9.59 Å². The first-order valence-electron chi connectivity index (χ1n) is 5.83. The lowest BCUT2D eigenvalue weighted by Gasteiger charge is -2.14. The maximum absolute atomic E-state index is 12.0.